The molecule has 2 heterocycles. The molecule has 1 unspecified atom stereocenters. The smallest absolute Gasteiger partial charge is 0.257 e. The van der Waals surface area contributed by atoms with Gasteiger partial charge in [-0.2, -0.15) is 0 Å². The van der Waals surface area contributed by atoms with Crippen LogP contribution in [0, 0.1) is 5.92 Å². The van der Waals surface area contributed by atoms with E-state index in [1.807, 2.05) is 6.92 Å². The predicted octanol–water partition coefficient (Wildman–Crippen LogP) is 3.07. The van der Waals surface area contributed by atoms with Crippen LogP contribution in [-0.4, -0.2) is 29.3 Å². The van der Waals surface area contributed by atoms with Crippen molar-refractivity contribution in [2.75, 3.05) is 6.54 Å². The number of rotatable bonds is 8. The Labute approximate surface area is 141 Å². The van der Waals surface area contributed by atoms with E-state index in [2.05, 4.69) is 19.2 Å². The Kier molecular flexibility index (Phi) is 6.23. The Hall–Kier alpha value is -2.50. The van der Waals surface area contributed by atoms with Crippen molar-refractivity contribution >= 4 is 11.8 Å². The van der Waals surface area contributed by atoms with E-state index in [0.29, 0.717) is 30.3 Å². The van der Waals surface area contributed by atoms with Gasteiger partial charge >= 0.3 is 0 Å². The predicted molar refractivity (Wildman–Crippen MR) is 89.2 cm³/mol. The molecule has 0 aliphatic heterocycles. The summed E-state index contributed by atoms with van der Waals surface area (Å²) < 4.78 is 10.3. The lowest BCUT2D eigenvalue weighted by molar-refractivity contribution is -0.122. The van der Waals surface area contributed by atoms with Crippen molar-refractivity contribution in [3.8, 4) is 0 Å². The molecule has 0 saturated heterocycles. The van der Waals surface area contributed by atoms with Crippen LogP contribution in [0.2, 0.25) is 0 Å². The summed E-state index contributed by atoms with van der Waals surface area (Å²) in [5.41, 5.74) is 0.456. The van der Waals surface area contributed by atoms with Crippen LogP contribution < -0.4 is 5.32 Å². The molecule has 0 aliphatic rings. The molecule has 1 N–H and O–H groups in total. The van der Waals surface area contributed by atoms with Crippen molar-refractivity contribution in [1.82, 2.24) is 10.2 Å². The van der Waals surface area contributed by atoms with Gasteiger partial charge in [-0.15, -0.1) is 0 Å². The standard InChI is InChI=1S/C18H24N2O4/c1-13(2)14(3)19-17(21)6-8-20(11-16-5-4-9-24-16)18(22)15-7-10-23-12-15/h4-5,7,9-10,12-14H,6,8,11H2,1-3H3,(H,19,21). The molecule has 24 heavy (non-hydrogen) atoms. The highest BCUT2D eigenvalue weighted by atomic mass is 16.3. The van der Waals surface area contributed by atoms with E-state index in [4.69, 9.17) is 8.83 Å². The largest absolute Gasteiger partial charge is 0.472 e. The van der Waals surface area contributed by atoms with E-state index in [1.165, 1.54) is 12.5 Å². The molecule has 2 amide bonds. The van der Waals surface area contributed by atoms with Gasteiger partial charge in [-0.3, -0.25) is 9.59 Å². The van der Waals surface area contributed by atoms with Crippen molar-refractivity contribution in [3.63, 3.8) is 0 Å². The molecule has 130 valence electrons. The SMILES string of the molecule is CC(C)C(C)NC(=O)CCN(Cc1ccco1)C(=O)c1ccoc1. The zero-order valence-electron chi connectivity index (χ0n) is 14.3. The highest BCUT2D eigenvalue weighted by Gasteiger charge is 2.20. The van der Waals surface area contributed by atoms with E-state index in [0.717, 1.165) is 0 Å². The van der Waals surface area contributed by atoms with Gasteiger partial charge in [-0.05, 0) is 31.0 Å². The first kappa shape index (κ1) is 17.8. The zero-order valence-corrected chi connectivity index (χ0v) is 14.3. The molecule has 0 radical (unpaired) electrons. The van der Waals surface area contributed by atoms with E-state index in [9.17, 15) is 9.59 Å². The number of nitrogens with zero attached hydrogens (tertiary/aromatic N) is 1. The maximum atomic E-state index is 12.6. The third-order valence-electron chi connectivity index (χ3n) is 3.98. The average molecular weight is 332 g/mol. The van der Waals surface area contributed by atoms with E-state index < -0.39 is 0 Å². The molecule has 2 aromatic rings. The van der Waals surface area contributed by atoms with E-state index in [-0.39, 0.29) is 24.3 Å². The molecule has 0 bridgehead atoms. The fourth-order valence-electron chi connectivity index (χ4n) is 2.14. The number of furan rings is 2. The molecule has 0 aromatic carbocycles. The minimum absolute atomic E-state index is 0.0689. The lowest BCUT2D eigenvalue weighted by atomic mass is 10.1. The van der Waals surface area contributed by atoms with Crippen molar-refractivity contribution < 1.29 is 18.4 Å². The van der Waals surface area contributed by atoms with Gasteiger partial charge < -0.3 is 19.1 Å². The Bertz CT molecular complexity index is 632. The van der Waals surface area contributed by atoms with Crippen LogP contribution in [0.1, 0.15) is 43.3 Å². The summed E-state index contributed by atoms with van der Waals surface area (Å²) in [4.78, 5) is 26.2. The summed E-state index contributed by atoms with van der Waals surface area (Å²) in [6, 6.07) is 5.28. The first-order valence-electron chi connectivity index (χ1n) is 8.10. The molecular formula is C18H24N2O4. The van der Waals surface area contributed by atoms with E-state index >= 15 is 0 Å². The van der Waals surface area contributed by atoms with Gasteiger partial charge in [0.2, 0.25) is 5.91 Å². The van der Waals surface area contributed by atoms with Crippen LogP contribution >= 0.6 is 0 Å². The number of carbonyl (C=O) groups excluding carboxylic acids is 2. The molecule has 6 nitrogen and oxygen atoms in total. The van der Waals surface area contributed by atoms with Gasteiger partial charge in [0.1, 0.15) is 12.0 Å². The Morgan fingerprint density at radius 3 is 2.58 bits per heavy atom. The highest BCUT2D eigenvalue weighted by Crippen LogP contribution is 2.12. The van der Waals surface area contributed by atoms with Gasteiger partial charge in [-0.1, -0.05) is 13.8 Å². The number of hydrogen-bond acceptors (Lipinski definition) is 4. The first-order valence-corrected chi connectivity index (χ1v) is 8.10. The first-order chi connectivity index (χ1) is 11.5. The normalized spacial score (nSPS) is 12.2. The number of carbonyl (C=O) groups is 2. The van der Waals surface area contributed by atoms with Gasteiger partial charge in [-0.25, -0.2) is 0 Å². The average Bonchev–Trinajstić information content (AvgIpc) is 3.23. The third kappa shape index (κ3) is 5.01. The fourth-order valence-corrected chi connectivity index (χ4v) is 2.14. The summed E-state index contributed by atoms with van der Waals surface area (Å²) >= 11 is 0. The third-order valence-corrected chi connectivity index (χ3v) is 3.98. The quantitative estimate of drug-likeness (QED) is 0.806. The summed E-state index contributed by atoms with van der Waals surface area (Å²) in [5.74, 6) is 0.772. The highest BCUT2D eigenvalue weighted by molar-refractivity contribution is 5.94. The number of amides is 2. The van der Waals surface area contributed by atoms with Gasteiger partial charge in [0, 0.05) is 19.0 Å². The minimum Gasteiger partial charge on any atom is -0.472 e. The van der Waals surface area contributed by atoms with Crippen LogP contribution in [0.15, 0.2) is 45.8 Å². The monoisotopic (exact) mass is 332 g/mol. The second-order valence-electron chi connectivity index (χ2n) is 6.17. The molecule has 2 aromatic heterocycles. The molecule has 0 saturated carbocycles. The molecule has 0 aliphatic carbocycles. The van der Waals surface area contributed by atoms with Crippen molar-refractivity contribution in [1.29, 1.82) is 0 Å². The van der Waals surface area contributed by atoms with Crippen LogP contribution in [0.3, 0.4) is 0 Å². The van der Waals surface area contributed by atoms with Crippen molar-refractivity contribution in [2.24, 2.45) is 5.92 Å². The summed E-state index contributed by atoms with van der Waals surface area (Å²) in [6.45, 7) is 6.69. The van der Waals surface area contributed by atoms with Gasteiger partial charge in [0.25, 0.3) is 5.91 Å². The van der Waals surface area contributed by atoms with Crippen LogP contribution in [0.4, 0.5) is 0 Å². The number of nitrogens with one attached hydrogen (secondary N) is 1. The topological polar surface area (TPSA) is 75.7 Å². The second-order valence-corrected chi connectivity index (χ2v) is 6.17. The molecular weight excluding hydrogens is 308 g/mol. The minimum atomic E-state index is -0.190. The summed E-state index contributed by atoms with van der Waals surface area (Å²) in [6.07, 6.45) is 4.65. The van der Waals surface area contributed by atoms with E-state index in [1.54, 1.807) is 29.4 Å². The Balaban J connectivity index is 1.98. The second kappa shape index (κ2) is 8.38. The number of hydrogen-bond donors (Lipinski definition) is 1. The molecule has 2 rings (SSSR count). The summed E-state index contributed by atoms with van der Waals surface area (Å²) in [7, 11) is 0. The Morgan fingerprint density at radius 1 is 1.21 bits per heavy atom. The van der Waals surface area contributed by atoms with Crippen molar-refractivity contribution in [2.45, 2.75) is 39.8 Å². The van der Waals surface area contributed by atoms with Crippen LogP contribution in [-0.2, 0) is 11.3 Å². The lowest BCUT2D eigenvalue weighted by Gasteiger charge is -2.22. The molecule has 0 fully saturated rings. The lowest BCUT2D eigenvalue weighted by Crippen LogP contribution is -2.39. The van der Waals surface area contributed by atoms with Gasteiger partial charge in [0.05, 0.1) is 24.6 Å². The maximum Gasteiger partial charge on any atom is 0.257 e. The van der Waals surface area contributed by atoms with Crippen LogP contribution in [0.5, 0.6) is 0 Å². The zero-order chi connectivity index (χ0) is 17.5. The Morgan fingerprint density at radius 2 is 2.00 bits per heavy atom. The van der Waals surface area contributed by atoms with Crippen LogP contribution in [0.25, 0.3) is 0 Å². The fraction of sp³-hybridized carbons (Fsp3) is 0.444. The maximum absolute atomic E-state index is 12.6. The van der Waals surface area contributed by atoms with Crippen molar-refractivity contribution in [3.05, 3.63) is 48.3 Å². The van der Waals surface area contributed by atoms with Gasteiger partial charge in [0.15, 0.2) is 0 Å². The molecule has 0 spiro atoms. The molecule has 1 atom stereocenters. The molecule has 6 heteroatoms. The summed E-state index contributed by atoms with van der Waals surface area (Å²) in [5, 5.41) is 2.95.